The number of nitrogens with zero attached hydrogens (tertiary/aromatic N) is 3. The van der Waals surface area contributed by atoms with Crippen molar-refractivity contribution in [3.8, 4) is 0 Å². The third kappa shape index (κ3) is 2.97. The molecule has 0 aromatic carbocycles. The van der Waals surface area contributed by atoms with Gasteiger partial charge in [0, 0.05) is 24.0 Å². The molecule has 2 aromatic heterocycles. The van der Waals surface area contributed by atoms with Crippen LogP contribution < -0.4 is 5.32 Å². The molecule has 9 heteroatoms. The lowest BCUT2D eigenvalue weighted by molar-refractivity contribution is -0.155. The van der Waals surface area contributed by atoms with Crippen molar-refractivity contribution in [3.05, 3.63) is 34.4 Å². The maximum absolute atomic E-state index is 13.4. The highest BCUT2D eigenvalue weighted by Gasteiger charge is 2.44. The van der Waals surface area contributed by atoms with Gasteiger partial charge in [-0.05, 0) is 26.8 Å². The van der Waals surface area contributed by atoms with Crippen LogP contribution in [0.3, 0.4) is 0 Å². The minimum Gasteiger partial charge on any atom is -0.335 e. The van der Waals surface area contributed by atoms with E-state index < -0.39 is 18.1 Å². The van der Waals surface area contributed by atoms with E-state index in [4.69, 9.17) is 0 Å². The second-order valence-electron chi connectivity index (χ2n) is 5.09. The molecule has 0 aliphatic carbocycles. The molecule has 1 atom stereocenters. The minimum atomic E-state index is -4.64. The van der Waals surface area contributed by atoms with Crippen molar-refractivity contribution in [2.75, 3.05) is 0 Å². The third-order valence-electron chi connectivity index (χ3n) is 3.39. The van der Waals surface area contributed by atoms with Gasteiger partial charge in [0.1, 0.15) is 5.69 Å². The molecule has 0 bridgehead atoms. The summed E-state index contributed by atoms with van der Waals surface area (Å²) in [4.78, 5) is 12.0. The van der Waals surface area contributed by atoms with Crippen LogP contribution in [0.1, 0.15) is 39.2 Å². The van der Waals surface area contributed by atoms with Crippen LogP contribution in [0, 0.1) is 20.8 Å². The zero-order valence-electron chi connectivity index (χ0n) is 12.5. The molecule has 0 fully saturated rings. The van der Waals surface area contributed by atoms with Crippen LogP contribution in [0.4, 0.5) is 13.2 Å². The van der Waals surface area contributed by atoms with Crippen molar-refractivity contribution in [1.82, 2.24) is 25.3 Å². The molecule has 0 saturated heterocycles. The Balaban J connectivity index is 2.38. The average Bonchev–Trinajstić information content (AvgIpc) is 2.92. The Bertz CT molecular complexity index is 701. The fourth-order valence-electron chi connectivity index (χ4n) is 2.26. The molecule has 2 heterocycles. The number of hydrogen-bond acceptors (Lipinski definition) is 3. The Morgan fingerprint density at radius 1 is 1.36 bits per heavy atom. The second-order valence-corrected chi connectivity index (χ2v) is 5.09. The van der Waals surface area contributed by atoms with Crippen LogP contribution in [-0.2, 0) is 7.05 Å². The first kappa shape index (κ1) is 16.1. The van der Waals surface area contributed by atoms with Crippen molar-refractivity contribution < 1.29 is 18.0 Å². The summed E-state index contributed by atoms with van der Waals surface area (Å²) in [5.74, 6) is -0.894. The standard InChI is InChI=1S/C13H16F3N5O/c1-6-5-9(19-18-6)12(22)17-11(13(14,15)16)10-7(2)20-21(4)8(10)3/h5,11H,1-4H3,(H,17,22)(H,18,19). The Morgan fingerprint density at radius 2 is 2.00 bits per heavy atom. The van der Waals surface area contributed by atoms with Crippen LogP contribution in [0.15, 0.2) is 6.07 Å². The van der Waals surface area contributed by atoms with Gasteiger partial charge < -0.3 is 5.32 Å². The molecule has 0 aliphatic heterocycles. The van der Waals surface area contributed by atoms with E-state index in [1.54, 1.807) is 14.0 Å². The van der Waals surface area contributed by atoms with Crippen molar-refractivity contribution in [2.45, 2.75) is 33.0 Å². The van der Waals surface area contributed by atoms with Crippen LogP contribution in [0.25, 0.3) is 0 Å². The molecule has 6 nitrogen and oxygen atoms in total. The van der Waals surface area contributed by atoms with E-state index in [0.29, 0.717) is 11.4 Å². The molecule has 0 radical (unpaired) electrons. The fourth-order valence-corrected chi connectivity index (χ4v) is 2.26. The summed E-state index contributed by atoms with van der Waals surface area (Å²) < 4.78 is 41.5. The molecular weight excluding hydrogens is 299 g/mol. The van der Waals surface area contributed by atoms with Crippen LogP contribution in [0.2, 0.25) is 0 Å². The lowest BCUT2D eigenvalue weighted by atomic mass is 10.0. The number of aryl methyl sites for hydroxylation is 3. The number of hydrogen-bond donors (Lipinski definition) is 2. The number of aromatic amines is 1. The quantitative estimate of drug-likeness (QED) is 0.911. The molecule has 2 aromatic rings. The Kier molecular flexibility index (Phi) is 3.99. The number of halogens is 3. The van der Waals surface area contributed by atoms with Gasteiger partial charge >= 0.3 is 6.18 Å². The van der Waals surface area contributed by atoms with Gasteiger partial charge in [0.15, 0.2) is 6.04 Å². The largest absolute Gasteiger partial charge is 0.413 e. The zero-order valence-corrected chi connectivity index (χ0v) is 12.5. The van der Waals surface area contributed by atoms with Crippen molar-refractivity contribution in [3.63, 3.8) is 0 Å². The van der Waals surface area contributed by atoms with Gasteiger partial charge in [-0.25, -0.2) is 0 Å². The zero-order chi connectivity index (χ0) is 16.7. The topological polar surface area (TPSA) is 75.6 Å². The molecule has 1 amide bonds. The summed E-state index contributed by atoms with van der Waals surface area (Å²) in [7, 11) is 1.55. The van der Waals surface area contributed by atoms with Gasteiger partial charge in [-0.1, -0.05) is 0 Å². The molecule has 2 rings (SSSR count). The monoisotopic (exact) mass is 315 g/mol. The normalized spacial score (nSPS) is 13.2. The molecule has 0 saturated carbocycles. The van der Waals surface area contributed by atoms with Gasteiger partial charge in [0.2, 0.25) is 0 Å². The molecular formula is C13H16F3N5O. The highest BCUT2D eigenvalue weighted by Crippen LogP contribution is 2.35. The van der Waals surface area contributed by atoms with Crippen molar-refractivity contribution in [2.24, 2.45) is 7.05 Å². The number of rotatable bonds is 3. The highest BCUT2D eigenvalue weighted by atomic mass is 19.4. The molecule has 120 valence electrons. The van der Waals surface area contributed by atoms with Crippen LogP contribution in [0.5, 0.6) is 0 Å². The van der Waals surface area contributed by atoms with Crippen LogP contribution in [-0.4, -0.2) is 32.1 Å². The number of nitrogens with one attached hydrogen (secondary N) is 2. The average molecular weight is 315 g/mol. The number of amides is 1. The van der Waals surface area contributed by atoms with Crippen LogP contribution >= 0.6 is 0 Å². The van der Waals surface area contributed by atoms with E-state index >= 15 is 0 Å². The van der Waals surface area contributed by atoms with E-state index in [2.05, 4.69) is 15.3 Å². The molecule has 2 N–H and O–H groups in total. The van der Waals surface area contributed by atoms with Gasteiger partial charge in [-0.3, -0.25) is 14.6 Å². The number of alkyl halides is 3. The minimum absolute atomic E-state index is 0.0457. The SMILES string of the molecule is Cc1cc(C(=O)NC(c2c(C)nn(C)c2C)C(F)(F)F)n[nH]1. The predicted octanol–water partition coefficient (Wildman–Crippen LogP) is 2.10. The van der Waals surface area contributed by atoms with E-state index in [-0.39, 0.29) is 17.0 Å². The van der Waals surface area contributed by atoms with Gasteiger partial charge in [-0.2, -0.15) is 23.4 Å². The van der Waals surface area contributed by atoms with E-state index in [1.807, 2.05) is 5.32 Å². The fraction of sp³-hybridized carbons (Fsp3) is 0.462. The first-order valence-electron chi connectivity index (χ1n) is 6.51. The van der Waals surface area contributed by atoms with Crippen molar-refractivity contribution >= 4 is 5.91 Å². The first-order chi connectivity index (χ1) is 10.1. The maximum atomic E-state index is 13.4. The Hall–Kier alpha value is -2.32. The lowest BCUT2D eigenvalue weighted by Gasteiger charge is -2.22. The van der Waals surface area contributed by atoms with E-state index in [1.165, 1.54) is 24.6 Å². The van der Waals surface area contributed by atoms with Gasteiger partial charge in [-0.15, -0.1) is 0 Å². The Morgan fingerprint density at radius 3 is 2.41 bits per heavy atom. The molecule has 22 heavy (non-hydrogen) atoms. The molecule has 0 aliphatic rings. The summed E-state index contributed by atoms with van der Waals surface area (Å²) in [6.07, 6.45) is -4.64. The second kappa shape index (κ2) is 5.47. The number of carbonyl (C=O) groups is 1. The third-order valence-corrected chi connectivity index (χ3v) is 3.39. The maximum Gasteiger partial charge on any atom is 0.413 e. The first-order valence-corrected chi connectivity index (χ1v) is 6.51. The van der Waals surface area contributed by atoms with Crippen molar-refractivity contribution in [1.29, 1.82) is 0 Å². The summed E-state index contributed by atoms with van der Waals surface area (Å²) in [5.41, 5.74) is 1.02. The predicted molar refractivity (Wildman–Crippen MR) is 72.3 cm³/mol. The smallest absolute Gasteiger partial charge is 0.335 e. The summed E-state index contributed by atoms with van der Waals surface area (Å²) >= 11 is 0. The van der Waals surface area contributed by atoms with Gasteiger partial charge in [0.25, 0.3) is 5.91 Å². The Labute approximate surface area is 124 Å². The number of carbonyl (C=O) groups excluding carboxylic acids is 1. The lowest BCUT2D eigenvalue weighted by Crippen LogP contribution is -2.39. The summed E-state index contributed by atoms with van der Waals surface area (Å²) in [6, 6.07) is -0.753. The van der Waals surface area contributed by atoms with Gasteiger partial charge in [0.05, 0.1) is 5.69 Å². The number of H-pyrrole nitrogens is 1. The summed E-state index contributed by atoms with van der Waals surface area (Å²) in [6.45, 7) is 4.66. The van der Waals surface area contributed by atoms with E-state index in [9.17, 15) is 18.0 Å². The molecule has 1 unspecified atom stereocenters. The summed E-state index contributed by atoms with van der Waals surface area (Å²) in [5, 5.41) is 12.2. The van der Waals surface area contributed by atoms with E-state index in [0.717, 1.165) is 0 Å². The molecule has 0 spiro atoms. The highest BCUT2D eigenvalue weighted by molar-refractivity contribution is 5.92. The number of aromatic nitrogens is 4.